The summed E-state index contributed by atoms with van der Waals surface area (Å²) in [7, 11) is 3.84. The predicted molar refractivity (Wildman–Crippen MR) is 55.3 cm³/mol. The van der Waals surface area contributed by atoms with Crippen LogP contribution in [-0.4, -0.2) is 44.9 Å². The summed E-state index contributed by atoms with van der Waals surface area (Å²) in [6.45, 7) is 7.47. The Morgan fingerprint density at radius 3 is 2.21 bits per heavy atom. The van der Waals surface area contributed by atoms with E-state index >= 15 is 0 Å². The number of carbonyl (C=O) groups excluding carboxylic acids is 1. The number of rotatable bonds is 4. The number of likely N-dealkylation sites (N-methyl/N-ethyl adjacent to an activating group) is 1. The van der Waals surface area contributed by atoms with Crippen LogP contribution in [0, 0.1) is 5.41 Å². The van der Waals surface area contributed by atoms with Crippen molar-refractivity contribution in [3.8, 4) is 0 Å². The minimum Gasteiger partial charge on any atom is -0.434 e. The Hall–Kier alpha value is -0.770. The van der Waals surface area contributed by atoms with E-state index < -0.39 is 6.16 Å². The van der Waals surface area contributed by atoms with Gasteiger partial charge in [-0.1, -0.05) is 20.8 Å². The van der Waals surface area contributed by atoms with Crippen molar-refractivity contribution in [2.24, 2.45) is 5.41 Å². The van der Waals surface area contributed by atoms with E-state index in [-0.39, 0.29) is 5.41 Å². The third-order valence-corrected chi connectivity index (χ3v) is 1.38. The predicted octanol–water partition coefficient (Wildman–Crippen LogP) is 1.75. The molecular formula is C10H21NO3. The van der Waals surface area contributed by atoms with Gasteiger partial charge in [0.05, 0.1) is 6.61 Å². The maximum Gasteiger partial charge on any atom is 0.508 e. The van der Waals surface area contributed by atoms with E-state index in [4.69, 9.17) is 9.47 Å². The molecule has 0 unspecified atom stereocenters. The molecule has 4 nitrogen and oxygen atoms in total. The molecule has 0 fully saturated rings. The molecule has 4 heteroatoms. The van der Waals surface area contributed by atoms with Gasteiger partial charge in [-0.15, -0.1) is 0 Å². The largest absolute Gasteiger partial charge is 0.508 e. The lowest BCUT2D eigenvalue weighted by Gasteiger charge is -2.17. The monoisotopic (exact) mass is 203 g/mol. The number of carbonyl (C=O) groups is 1. The maximum atomic E-state index is 11.0. The van der Waals surface area contributed by atoms with Crippen LogP contribution in [0.4, 0.5) is 4.79 Å². The zero-order valence-electron chi connectivity index (χ0n) is 9.79. The molecule has 0 saturated heterocycles. The highest BCUT2D eigenvalue weighted by Gasteiger charge is 2.14. The highest BCUT2D eigenvalue weighted by molar-refractivity contribution is 5.59. The quantitative estimate of drug-likeness (QED) is 0.652. The molecule has 0 aromatic rings. The van der Waals surface area contributed by atoms with Crippen molar-refractivity contribution in [2.45, 2.75) is 20.8 Å². The van der Waals surface area contributed by atoms with E-state index in [2.05, 4.69) is 0 Å². The van der Waals surface area contributed by atoms with Crippen molar-refractivity contribution in [1.82, 2.24) is 4.90 Å². The highest BCUT2D eigenvalue weighted by Crippen LogP contribution is 2.12. The molecule has 0 aliphatic carbocycles. The summed E-state index contributed by atoms with van der Waals surface area (Å²) in [5.41, 5.74) is -0.0133. The van der Waals surface area contributed by atoms with Crippen LogP contribution < -0.4 is 0 Å². The molecule has 0 saturated carbocycles. The molecule has 0 atom stereocenters. The summed E-state index contributed by atoms with van der Waals surface area (Å²) in [4.78, 5) is 12.9. The topological polar surface area (TPSA) is 38.8 Å². The fraction of sp³-hybridized carbons (Fsp3) is 0.900. The van der Waals surface area contributed by atoms with Gasteiger partial charge < -0.3 is 14.4 Å². The van der Waals surface area contributed by atoms with Crippen LogP contribution in [-0.2, 0) is 9.47 Å². The van der Waals surface area contributed by atoms with E-state index in [9.17, 15) is 4.79 Å². The van der Waals surface area contributed by atoms with Gasteiger partial charge in [-0.05, 0) is 19.5 Å². The van der Waals surface area contributed by atoms with E-state index in [1.807, 2.05) is 39.8 Å². The Balaban J connectivity index is 3.47. The summed E-state index contributed by atoms with van der Waals surface area (Å²) in [5, 5.41) is 0. The van der Waals surface area contributed by atoms with Crippen molar-refractivity contribution in [1.29, 1.82) is 0 Å². The second-order valence-corrected chi connectivity index (χ2v) is 4.75. The lowest BCUT2D eigenvalue weighted by Crippen LogP contribution is -2.23. The Bertz CT molecular complexity index is 173. The molecule has 0 aliphatic rings. The molecule has 0 aromatic heterocycles. The van der Waals surface area contributed by atoms with Crippen molar-refractivity contribution in [3.63, 3.8) is 0 Å². The first-order chi connectivity index (χ1) is 6.31. The van der Waals surface area contributed by atoms with Crippen LogP contribution in [0.2, 0.25) is 0 Å². The molecule has 0 aromatic carbocycles. The number of ether oxygens (including phenoxy) is 2. The van der Waals surface area contributed by atoms with Crippen LogP contribution in [0.3, 0.4) is 0 Å². The van der Waals surface area contributed by atoms with Crippen molar-refractivity contribution in [3.05, 3.63) is 0 Å². The van der Waals surface area contributed by atoms with E-state index in [1.165, 1.54) is 0 Å². The van der Waals surface area contributed by atoms with E-state index in [1.54, 1.807) is 0 Å². The minimum absolute atomic E-state index is 0.0133. The first kappa shape index (κ1) is 13.2. The fourth-order valence-electron chi connectivity index (χ4n) is 0.629. The van der Waals surface area contributed by atoms with E-state index in [0.717, 1.165) is 0 Å². The first-order valence-electron chi connectivity index (χ1n) is 4.75. The van der Waals surface area contributed by atoms with Crippen LogP contribution in [0.5, 0.6) is 0 Å². The lowest BCUT2D eigenvalue weighted by atomic mass is 9.99. The second kappa shape index (κ2) is 5.86. The number of nitrogens with zero attached hydrogens (tertiary/aromatic N) is 1. The molecule has 0 N–H and O–H groups in total. The van der Waals surface area contributed by atoms with Gasteiger partial charge in [-0.25, -0.2) is 4.79 Å². The van der Waals surface area contributed by atoms with Crippen LogP contribution in [0.15, 0.2) is 0 Å². The number of hydrogen-bond donors (Lipinski definition) is 0. The zero-order valence-corrected chi connectivity index (χ0v) is 9.79. The summed E-state index contributed by atoms with van der Waals surface area (Å²) in [6, 6.07) is 0. The second-order valence-electron chi connectivity index (χ2n) is 4.75. The third kappa shape index (κ3) is 9.32. The molecule has 84 valence electrons. The highest BCUT2D eigenvalue weighted by atomic mass is 16.7. The maximum absolute atomic E-state index is 11.0. The van der Waals surface area contributed by atoms with Crippen molar-refractivity contribution >= 4 is 6.16 Å². The minimum atomic E-state index is -0.582. The van der Waals surface area contributed by atoms with Gasteiger partial charge in [0.25, 0.3) is 0 Å². The molecule has 0 radical (unpaired) electrons. The average molecular weight is 203 g/mol. The van der Waals surface area contributed by atoms with Crippen molar-refractivity contribution < 1.29 is 14.3 Å². The Morgan fingerprint density at radius 1 is 1.21 bits per heavy atom. The first-order valence-corrected chi connectivity index (χ1v) is 4.75. The molecule has 0 bridgehead atoms. The molecule has 0 rings (SSSR count). The standard InChI is InChI=1S/C10H21NO3/c1-10(2,3)8-14-9(12)13-7-6-11(4)5/h6-8H2,1-5H3. The smallest absolute Gasteiger partial charge is 0.434 e. The molecule has 0 amide bonds. The van der Waals surface area contributed by atoms with Crippen LogP contribution in [0.25, 0.3) is 0 Å². The Kier molecular flexibility index (Phi) is 5.53. The van der Waals surface area contributed by atoms with Gasteiger partial charge >= 0.3 is 6.16 Å². The molecule has 0 spiro atoms. The number of hydrogen-bond acceptors (Lipinski definition) is 4. The van der Waals surface area contributed by atoms with Crippen LogP contribution >= 0.6 is 0 Å². The SMILES string of the molecule is CN(C)CCOC(=O)OCC(C)(C)C. The van der Waals surface area contributed by atoms with Crippen LogP contribution in [0.1, 0.15) is 20.8 Å². The summed E-state index contributed by atoms with van der Waals surface area (Å²) < 4.78 is 9.75. The average Bonchev–Trinajstić information content (AvgIpc) is 1.99. The molecule has 0 aliphatic heterocycles. The van der Waals surface area contributed by atoms with Gasteiger partial charge in [0.15, 0.2) is 0 Å². The van der Waals surface area contributed by atoms with Gasteiger partial charge in [0.1, 0.15) is 6.61 Å². The lowest BCUT2D eigenvalue weighted by molar-refractivity contribution is 0.0304. The third-order valence-electron chi connectivity index (χ3n) is 1.38. The van der Waals surface area contributed by atoms with Gasteiger partial charge in [0, 0.05) is 6.54 Å². The van der Waals surface area contributed by atoms with Gasteiger partial charge in [-0.3, -0.25) is 0 Å². The Labute approximate surface area is 86.2 Å². The van der Waals surface area contributed by atoms with Gasteiger partial charge in [-0.2, -0.15) is 0 Å². The van der Waals surface area contributed by atoms with E-state index in [0.29, 0.717) is 19.8 Å². The normalized spacial score (nSPS) is 11.6. The molecular weight excluding hydrogens is 182 g/mol. The van der Waals surface area contributed by atoms with Crippen molar-refractivity contribution in [2.75, 3.05) is 33.9 Å². The summed E-state index contributed by atoms with van der Waals surface area (Å²) in [5.74, 6) is 0. The Morgan fingerprint density at radius 2 is 1.79 bits per heavy atom. The fourth-order valence-corrected chi connectivity index (χ4v) is 0.629. The summed E-state index contributed by atoms with van der Waals surface area (Å²) >= 11 is 0. The van der Waals surface area contributed by atoms with Gasteiger partial charge in [0.2, 0.25) is 0 Å². The summed E-state index contributed by atoms with van der Waals surface area (Å²) in [6.07, 6.45) is -0.582. The molecule has 14 heavy (non-hydrogen) atoms. The molecule has 0 heterocycles. The zero-order chi connectivity index (χ0) is 11.2.